The first-order valence-corrected chi connectivity index (χ1v) is 11.1. The average Bonchev–Trinajstić information content (AvgIpc) is 2.62. The maximum absolute atomic E-state index is 11.0. The number of carbonyl (C=O) groups is 1. The summed E-state index contributed by atoms with van der Waals surface area (Å²) in [4.78, 5) is 12.8. The van der Waals surface area contributed by atoms with Crippen molar-refractivity contribution >= 4 is 33.5 Å². The van der Waals surface area contributed by atoms with Gasteiger partial charge in [0.25, 0.3) is 0 Å². The number of hydrogen-bond acceptors (Lipinski definition) is 5. The second-order valence-corrected chi connectivity index (χ2v) is 9.02. The van der Waals surface area contributed by atoms with Crippen molar-refractivity contribution in [2.75, 3.05) is 33.2 Å². The molecule has 0 radical (unpaired) electrons. The third kappa shape index (κ3) is 7.25. The first kappa shape index (κ1) is 23.0. The van der Waals surface area contributed by atoms with Crippen LogP contribution >= 0.6 is 27.5 Å². The van der Waals surface area contributed by atoms with Crippen LogP contribution in [0.2, 0.25) is 5.02 Å². The first-order valence-electron chi connectivity index (χ1n) is 9.90. The number of nitrogens with one attached hydrogen (secondary N) is 2. The van der Waals surface area contributed by atoms with Gasteiger partial charge in [-0.05, 0) is 48.4 Å². The Labute approximate surface area is 190 Å². The van der Waals surface area contributed by atoms with E-state index in [4.69, 9.17) is 21.4 Å². The molecular formula is C22H27BrClN3O3. The Balaban J connectivity index is 1.69. The fraction of sp³-hybridized carbons (Fsp3) is 0.409. The molecule has 0 bridgehead atoms. The molecule has 0 amide bonds. The van der Waals surface area contributed by atoms with Crippen molar-refractivity contribution in [2.24, 2.45) is 5.92 Å². The largest absolute Gasteiger partial charge is 0.489 e. The summed E-state index contributed by atoms with van der Waals surface area (Å²) in [5.41, 5.74) is 3.15. The highest BCUT2D eigenvalue weighted by Gasteiger charge is 2.16. The number of carboxylic acid groups (broad SMARTS) is 1. The van der Waals surface area contributed by atoms with Crippen LogP contribution in [0.3, 0.4) is 0 Å². The minimum Gasteiger partial charge on any atom is -0.489 e. The molecule has 3 N–H and O–H groups in total. The molecule has 8 heteroatoms. The van der Waals surface area contributed by atoms with E-state index in [2.05, 4.69) is 32.6 Å². The molecule has 30 heavy (non-hydrogen) atoms. The number of hydrogen-bond donors (Lipinski definition) is 3. The van der Waals surface area contributed by atoms with Crippen molar-refractivity contribution in [1.29, 1.82) is 0 Å². The maximum Gasteiger partial charge on any atom is 0.317 e. The summed E-state index contributed by atoms with van der Waals surface area (Å²) in [5.74, 6) is 0.613. The number of halogens is 2. The van der Waals surface area contributed by atoms with Gasteiger partial charge < -0.3 is 20.5 Å². The van der Waals surface area contributed by atoms with E-state index in [-0.39, 0.29) is 6.54 Å². The monoisotopic (exact) mass is 495 g/mol. The summed E-state index contributed by atoms with van der Waals surface area (Å²) in [6.07, 6.45) is 0. The Bertz CT molecular complexity index is 877. The van der Waals surface area contributed by atoms with Gasteiger partial charge in [-0.1, -0.05) is 39.7 Å². The van der Waals surface area contributed by atoms with Crippen molar-refractivity contribution in [3.8, 4) is 5.75 Å². The third-order valence-electron chi connectivity index (χ3n) is 4.92. The van der Waals surface area contributed by atoms with Crippen molar-refractivity contribution < 1.29 is 14.6 Å². The molecule has 0 saturated carbocycles. The molecule has 0 atom stereocenters. The number of benzene rings is 2. The summed E-state index contributed by atoms with van der Waals surface area (Å²) in [6, 6.07) is 11.7. The van der Waals surface area contributed by atoms with E-state index in [0.717, 1.165) is 53.1 Å². The topological polar surface area (TPSA) is 73.8 Å². The quantitative estimate of drug-likeness (QED) is 0.442. The van der Waals surface area contributed by atoms with Gasteiger partial charge in [0.05, 0.1) is 6.54 Å². The molecule has 2 aromatic rings. The van der Waals surface area contributed by atoms with Gasteiger partial charge in [0.1, 0.15) is 12.4 Å². The van der Waals surface area contributed by atoms with Crippen molar-refractivity contribution in [3.05, 3.63) is 62.6 Å². The van der Waals surface area contributed by atoms with E-state index < -0.39 is 5.97 Å². The fourth-order valence-electron chi connectivity index (χ4n) is 3.32. The molecule has 6 nitrogen and oxygen atoms in total. The highest BCUT2D eigenvalue weighted by molar-refractivity contribution is 9.10. The number of aliphatic carboxylic acids is 1. The normalized spacial score (nSPS) is 14.0. The molecule has 0 aromatic heterocycles. The number of ether oxygens (including phenoxy) is 1. The molecule has 0 unspecified atom stereocenters. The van der Waals surface area contributed by atoms with Gasteiger partial charge in [0.2, 0.25) is 0 Å². The molecule has 3 rings (SSSR count). The van der Waals surface area contributed by atoms with Crippen LogP contribution in [0, 0.1) is 5.92 Å². The molecule has 1 heterocycles. The lowest BCUT2D eigenvalue weighted by Gasteiger charge is -2.27. The van der Waals surface area contributed by atoms with E-state index in [9.17, 15) is 4.79 Å². The molecule has 1 saturated heterocycles. The van der Waals surface area contributed by atoms with Crippen LogP contribution in [0.25, 0.3) is 0 Å². The van der Waals surface area contributed by atoms with Gasteiger partial charge in [-0.3, -0.25) is 9.69 Å². The van der Waals surface area contributed by atoms with E-state index in [1.807, 2.05) is 30.3 Å². The van der Waals surface area contributed by atoms with Gasteiger partial charge in [-0.2, -0.15) is 0 Å². The van der Waals surface area contributed by atoms with Gasteiger partial charge in [-0.25, -0.2) is 0 Å². The van der Waals surface area contributed by atoms with Crippen molar-refractivity contribution in [1.82, 2.24) is 15.5 Å². The zero-order chi connectivity index (χ0) is 21.5. The molecule has 0 aliphatic carbocycles. The lowest BCUT2D eigenvalue weighted by atomic mass is 10.0. The van der Waals surface area contributed by atoms with Crippen LogP contribution < -0.4 is 15.4 Å². The second kappa shape index (κ2) is 11.1. The number of rotatable bonds is 11. The van der Waals surface area contributed by atoms with E-state index in [1.54, 1.807) is 11.9 Å². The zero-order valence-electron chi connectivity index (χ0n) is 17.0. The molecule has 0 spiro atoms. The molecule has 1 fully saturated rings. The predicted octanol–water partition coefficient (Wildman–Crippen LogP) is 3.51. The lowest BCUT2D eigenvalue weighted by Crippen LogP contribution is -2.47. The van der Waals surface area contributed by atoms with Gasteiger partial charge >= 0.3 is 5.97 Å². The van der Waals surface area contributed by atoms with Crippen LogP contribution in [0.15, 0.2) is 40.9 Å². The van der Waals surface area contributed by atoms with Gasteiger partial charge in [0.15, 0.2) is 0 Å². The Kier molecular flexibility index (Phi) is 8.53. The van der Waals surface area contributed by atoms with Crippen molar-refractivity contribution in [3.63, 3.8) is 0 Å². The standard InChI is InChI=1S/C22H27BrClN3O3/c1-27(13-22(28)29)12-16-4-15(8-25-9-17-10-26-11-17)5-20(6-16)30-14-18-2-3-19(24)7-21(18)23/h2-7,17,25-26H,8-14H2,1H3,(H,28,29). The Morgan fingerprint density at radius 1 is 1.30 bits per heavy atom. The molecule has 162 valence electrons. The Hall–Kier alpha value is -1.64. The second-order valence-electron chi connectivity index (χ2n) is 7.73. The van der Waals surface area contributed by atoms with E-state index in [1.165, 1.54) is 0 Å². The number of likely N-dealkylation sites (N-methyl/N-ethyl adjacent to an activating group) is 1. The van der Waals surface area contributed by atoms with Gasteiger partial charge in [0, 0.05) is 47.8 Å². The van der Waals surface area contributed by atoms with Crippen molar-refractivity contribution in [2.45, 2.75) is 19.7 Å². The summed E-state index contributed by atoms with van der Waals surface area (Å²) >= 11 is 9.54. The predicted molar refractivity (Wildman–Crippen MR) is 122 cm³/mol. The van der Waals surface area contributed by atoms with Gasteiger partial charge in [-0.15, -0.1) is 0 Å². The summed E-state index contributed by atoms with van der Waals surface area (Å²) in [5, 5.41) is 16.5. The highest BCUT2D eigenvalue weighted by Crippen LogP contribution is 2.25. The highest BCUT2D eigenvalue weighted by atomic mass is 79.9. The molecule has 2 aromatic carbocycles. The molecule has 1 aliphatic heterocycles. The Morgan fingerprint density at radius 2 is 2.07 bits per heavy atom. The first-order chi connectivity index (χ1) is 14.4. The van der Waals surface area contributed by atoms with E-state index >= 15 is 0 Å². The zero-order valence-corrected chi connectivity index (χ0v) is 19.3. The fourth-order valence-corrected chi connectivity index (χ4v) is 4.11. The molecule has 1 aliphatic rings. The van der Waals surface area contributed by atoms with Crippen LogP contribution in [-0.2, 0) is 24.5 Å². The average molecular weight is 497 g/mol. The number of carboxylic acids is 1. The minimum absolute atomic E-state index is 0.00886. The Morgan fingerprint density at radius 3 is 2.73 bits per heavy atom. The van der Waals surface area contributed by atoms with E-state index in [0.29, 0.717) is 24.1 Å². The van der Waals surface area contributed by atoms with Crippen LogP contribution in [0.4, 0.5) is 0 Å². The summed E-state index contributed by atoms with van der Waals surface area (Å²) in [7, 11) is 1.80. The minimum atomic E-state index is -0.839. The number of nitrogens with zero attached hydrogens (tertiary/aromatic N) is 1. The maximum atomic E-state index is 11.0. The van der Waals surface area contributed by atoms with Crippen LogP contribution in [0.1, 0.15) is 16.7 Å². The SMILES string of the molecule is CN(CC(=O)O)Cc1cc(CNCC2CNC2)cc(OCc2ccc(Cl)cc2Br)c1. The van der Waals surface area contributed by atoms with Crippen LogP contribution in [0.5, 0.6) is 5.75 Å². The lowest BCUT2D eigenvalue weighted by molar-refractivity contribution is -0.138. The van der Waals surface area contributed by atoms with Crippen LogP contribution in [-0.4, -0.2) is 49.2 Å². The summed E-state index contributed by atoms with van der Waals surface area (Å²) in [6.45, 7) is 4.79. The smallest absolute Gasteiger partial charge is 0.317 e. The molecular weight excluding hydrogens is 470 g/mol. The third-order valence-corrected chi connectivity index (χ3v) is 5.89. The summed E-state index contributed by atoms with van der Waals surface area (Å²) < 4.78 is 6.98.